The number of nitrogens with zero attached hydrogens (tertiary/aromatic N) is 4. The van der Waals surface area contributed by atoms with Crippen molar-refractivity contribution in [2.24, 2.45) is 5.92 Å². The molecule has 3 heterocycles. The average molecular weight is 469 g/mol. The zero-order valence-corrected chi connectivity index (χ0v) is 18.3. The van der Waals surface area contributed by atoms with Crippen LogP contribution in [0.5, 0.6) is 0 Å². The number of carbonyl (C=O) groups is 3. The van der Waals surface area contributed by atoms with Crippen LogP contribution >= 0.6 is 11.3 Å². The Kier molecular flexibility index (Phi) is 6.98. The van der Waals surface area contributed by atoms with E-state index in [1.54, 1.807) is 17.2 Å². The fraction of sp³-hybridized carbons (Fsp3) is 0.273. The number of aromatic nitrogens is 3. The van der Waals surface area contributed by atoms with E-state index in [0.29, 0.717) is 31.6 Å². The van der Waals surface area contributed by atoms with Crippen molar-refractivity contribution < 1.29 is 18.8 Å². The van der Waals surface area contributed by atoms with Gasteiger partial charge in [0, 0.05) is 25.0 Å². The van der Waals surface area contributed by atoms with Gasteiger partial charge in [0.15, 0.2) is 0 Å². The minimum atomic E-state index is -0.538. The number of carbonyl (C=O) groups excluding carboxylic acids is 3. The molecule has 1 aliphatic rings. The first-order chi connectivity index (χ1) is 16.0. The fourth-order valence-electron chi connectivity index (χ4n) is 3.45. The van der Waals surface area contributed by atoms with E-state index in [2.05, 4.69) is 25.8 Å². The van der Waals surface area contributed by atoms with Crippen LogP contribution in [0.3, 0.4) is 0 Å². The number of nitrogens with one attached hydrogen (secondary N) is 2. The summed E-state index contributed by atoms with van der Waals surface area (Å²) in [6, 6.07) is 10.8. The molecule has 0 radical (unpaired) electrons. The minimum Gasteiger partial charge on any atom is -0.350 e. The zero-order chi connectivity index (χ0) is 23.2. The van der Waals surface area contributed by atoms with E-state index >= 15 is 0 Å². The number of anilines is 1. The van der Waals surface area contributed by atoms with Gasteiger partial charge in [-0.05, 0) is 49.2 Å². The summed E-state index contributed by atoms with van der Waals surface area (Å²) in [4.78, 5) is 43.6. The summed E-state index contributed by atoms with van der Waals surface area (Å²) in [6.45, 7) is 1.09. The van der Waals surface area contributed by atoms with Crippen molar-refractivity contribution in [1.82, 2.24) is 25.4 Å². The molecule has 1 atom stereocenters. The molecule has 0 saturated carbocycles. The Morgan fingerprint density at radius 3 is 2.64 bits per heavy atom. The van der Waals surface area contributed by atoms with Gasteiger partial charge in [0.25, 0.3) is 11.8 Å². The second-order valence-corrected chi connectivity index (χ2v) is 8.48. The smallest absolute Gasteiger partial charge is 0.286 e. The second kappa shape index (κ2) is 10.3. The molecule has 3 aromatic rings. The SMILES string of the molecule is O=C(Nc1ccc(F)cc1)c1nnc(C(=O)N2CCCC(C(=O)NCc3ccccn3)C2)s1. The number of hydrogen-bond acceptors (Lipinski definition) is 7. The van der Waals surface area contributed by atoms with Crippen molar-refractivity contribution >= 4 is 34.7 Å². The van der Waals surface area contributed by atoms with Gasteiger partial charge in [0.2, 0.25) is 15.9 Å². The van der Waals surface area contributed by atoms with Gasteiger partial charge in [0.05, 0.1) is 18.2 Å². The fourth-order valence-corrected chi connectivity index (χ4v) is 4.16. The number of amides is 3. The molecule has 4 rings (SSSR count). The van der Waals surface area contributed by atoms with Crippen molar-refractivity contribution in [2.75, 3.05) is 18.4 Å². The van der Waals surface area contributed by atoms with Crippen LogP contribution in [-0.2, 0) is 11.3 Å². The lowest BCUT2D eigenvalue weighted by molar-refractivity contribution is -0.126. The Balaban J connectivity index is 1.33. The Hall–Kier alpha value is -3.73. The maximum atomic E-state index is 13.0. The maximum absolute atomic E-state index is 13.0. The van der Waals surface area contributed by atoms with Crippen LogP contribution < -0.4 is 10.6 Å². The minimum absolute atomic E-state index is 0.0179. The molecule has 1 fully saturated rings. The molecule has 0 bridgehead atoms. The van der Waals surface area contributed by atoms with Crippen LogP contribution in [0, 0.1) is 11.7 Å². The van der Waals surface area contributed by atoms with Crippen molar-refractivity contribution in [3.63, 3.8) is 0 Å². The average Bonchev–Trinajstić information content (AvgIpc) is 3.35. The Morgan fingerprint density at radius 1 is 1.09 bits per heavy atom. The summed E-state index contributed by atoms with van der Waals surface area (Å²) in [5.41, 5.74) is 1.16. The topological polar surface area (TPSA) is 117 Å². The summed E-state index contributed by atoms with van der Waals surface area (Å²) in [6.07, 6.45) is 3.03. The van der Waals surface area contributed by atoms with Gasteiger partial charge in [-0.3, -0.25) is 19.4 Å². The molecule has 1 saturated heterocycles. The molecule has 1 unspecified atom stereocenters. The van der Waals surface area contributed by atoms with Gasteiger partial charge < -0.3 is 15.5 Å². The molecule has 170 valence electrons. The molecular weight excluding hydrogens is 447 g/mol. The molecule has 0 aliphatic carbocycles. The molecule has 3 amide bonds. The quantitative estimate of drug-likeness (QED) is 0.574. The maximum Gasteiger partial charge on any atom is 0.286 e. The predicted octanol–water partition coefficient (Wildman–Crippen LogP) is 2.49. The highest BCUT2D eigenvalue weighted by Crippen LogP contribution is 2.21. The first-order valence-electron chi connectivity index (χ1n) is 10.4. The van der Waals surface area contributed by atoms with Crippen molar-refractivity contribution in [1.29, 1.82) is 0 Å². The van der Waals surface area contributed by atoms with E-state index in [4.69, 9.17) is 0 Å². The first-order valence-corrected chi connectivity index (χ1v) is 11.2. The monoisotopic (exact) mass is 468 g/mol. The summed E-state index contributed by atoms with van der Waals surface area (Å²) < 4.78 is 13.0. The number of halogens is 1. The van der Waals surface area contributed by atoms with E-state index in [1.165, 1.54) is 24.3 Å². The highest BCUT2D eigenvalue weighted by Gasteiger charge is 2.30. The molecule has 0 spiro atoms. The van der Waals surface area contributed by atoms with Gasteiger partial charge in [-0.15, -0.1) is 10.2 Å². The normalized spacial score (nSPS) is 15.7. The largest absolute Gasteiger partial charge is 0.350 e. The van der Waals surface area contributed by atoms with Crippen molar-refractivity contribution in [3.05, 3.63) is 70.2 Å². The highest BCUT2D eigenvalue weighted by molar-refractivity contribution is 7.15. The van der Waals surface area contributed by atoms with Crippen LogP contribution in [-0.4, -0.2) is 50.9 Å². The third-order valence-corrected chi connectivity index (χ3v) is 6.06. The summed E-state index contributed by atoms with van der Waals surface area (Å²) in [5.74, 6) is -1.78. The second-order valence-electron chi connectivity index (χ2n) is 7.50. The lowest BCUT2D eigenvalue weighted by atomic mass is 9.97. The Bertz CT molecular complexity index is 1140. The van der Waals surface area contributed by atoms with Gasteiger partial charge in [0.1, 0.15) is 5.82 Å². The third-order valence-electron chi connectivity index (χ3n) is 5.15. The summed E-state index contributed by atoms with van der Waals surface area (Å²) in [7, 11) is 0. The van der Waals surface area contributed by atoms with Gasteiger partial charge in [-0.25, -0.2) is 4.39 Å². The summed E-state index contributed by atoms with van der Waals surface area (Å²) in [5, 5.41) is 13.2. The van der Waals surface area contributed by atoms with Crippen molar-refractivity contribution in [3.8, 4) is 0 Å². The standard InChI is InChI=1S/C22H21FN6O3S/c23-15-6-8-16(9-7-15)26-19(31)20-27-28-21(33-20)22(32)29-11-3-4-14(13-29)18(30)25-12-17-5-1-2-10-24-17/h1-2,5-10,14H,3-4,11-13H2,(H,25,30)(H,26,31). The number of likely N-dealkylation sites (tertiary alicyclic amines) is 1. The zero-order valence-electron chi connectivity index (χ0n) is 17.5. The lowest BCUT2D eigenvalue weighted by Crippen LogP contribution is -2.45. The van der Waals surface area contributed by atoms with Crippen LogP contribution in [0.1, 0.15) is 38.1 Å². The van der Waals surface area contributed by atoms with Crippen molar-refractivity contribution in [2.45, 2.75) is 19.4 Å². The molecule has 1 aromatic carbocycles. The Labute approximate surface area is 193 Å². The van der Waals surface area contributed by atoms with Gasteiger partial charge in [-0.1, -0.05) is 17.4 Å². The van der Waals surface area contributed by atoms with Crippen LogP contribution in [0.2, 0.25) is 0 Å². The van der Waals surface area contributed by atoms with E-state index < -0.39 is 11.7 Å². The van der Waals surface area contributed by atoms with Gasteiger partial charge in [-0.2, -0.15) is 0 Å². The lowest BCUT2D eigenvalue weighted by Gasteiger charge is -2.31. The number of piperidine rings is 1. The summed E-state index contributed by atoms with van der Waals surface area (Å²) >= 11 is 0.874. The molecule has 2 aromatic heterocycles. The Morgan fingerprint density at radius 2 is 1.88 bits per heavy atom. The molecule has 11 heteroatoms. The van der Waals surface area contributed by atoms with Gasteiger partial charge >= 0.3 is 0 Å². The predicted molar refractivity (Wildman–Crippen MR) is 119 cm³/mol. The number of benzene rings is 1. The first kappa shape index (κ1) is 22.5. The number of rotatable bonds is 6. The third kappa shape index (κ3) is 5.75. The van der Waals surface area contributed by atoms with Crippen LogP contribution in [0.15, 0.2) is 48.7 Å². The van der Waals surface area contributed by atoms with E-state index in [1.807, 2.05) is 12.1 Å². The molecule has 9 nitrogen and oxygen atoms in total. The highest BCUT2D eigenvalue weighted by atomic mass is 32.1. The van der Waals surface area contributed by atoms with Crippen LogP contribution in [0.4, 0.5) is 10.1 Å². The van der Waals surface area contributed by atoms with E-state index in [-0.39, 0.29) is 34.3 Å². The van der Waals surface area contributed by atoms with Crippen LogP contribution in [0.25, 0.3) is 0 Å². The molecule has 33 heavy (non-hydrogen) atoms. The molecule has 1 aliphatic heterocycles. The number of pyridine rings is 1. The molecular formula is C22H21FN6O3S. The van der Waals surface area contributed by atoms with E-state index in [0.717, 1.165) is 17.0 Å². The molecule has 2 N–H and O–H groups in total. The number of hydrogen-bond donors (Lipinski definition) is 2. The van der Waals surface area contributed by atoms with E-state index in [9.17, 15) is 18.8 Å².